The zero-order chi connectivity index (χ0) is 25.0. The number of aryl methyl sites for hydroxylation is 1. The molecule has 34 heavy (non-hydrogen) atoms. The summed E-state index contributed by atoms with van der Waals surface area (Å²) in [4.78, 5) is 36.5. The van der Waals surface area contributed by atoms with Crippen molar-refractivity contribution >= 4 is 35.7 Å². The Bertz CT molecular complexity index is 920. The number of nitrogens with one attached hydrogen (secondary N) is 5. The van der Waals surface area contributed by atoms with E-state index in [1.54, 1.807) is 6.92 Å². The lowest BCUT2D eigenvalue weighted by Crippen LogP contribution is -2.34. The molecule has 0 saturated heterocycles. The van der Waals surface area contributed by atoms with E-state index in [4.69, 9.17) is 16.6 Å². The second-order valence-electron chi connectivity index (χ2n) is 8.14. The number of nitrogens with two attached hydrogens (primary N) is 2. The SMILES string of the molecule is Cc1nc(NCCN)nc(NCCNc2nc(NCCC(=O)O)nc(NCCC(C)(C)N)n2)n1. The molecule has 0 radical (unpaired) electrons. The van der Waals surface area contributed by atoms with E-state index in [2.05, 4.69) is 56.5 Å². The predicted molar refractivity (Wildman–Crippen MR) is 131 cm³/mol. The minimum atomic E-state index is -0.913. The molecule has 0 aromatic carbocycles. The Morgan fingerprint density at radius 3 is 1.62 bits per heavy atom. The largest absolute Gasteiger partial charge is 0.481 e. The highest BCUT2D eigenvalue weighted by atomic mass is 16.4. The number of carboxylic acids is 1. The van der Waals surface area contributed by atoms with Gasteiger partial charge >= 0.3 is 5.97 Å². The van der Waals surface area contributed by atoms with Gasteiger partial charge in [-0.2, -0.15) is 29.9 Å². The predicted octanol–water partition coefficient (Wildman–Crippen LogP) is -0.314. The van der Waals surface area contributed by atoms with Crippen LogP contribution < -0.4 is 38.1 Å². The number of nitrogens with zero attached hydrogens (tertiary/aromatic N) is 6. The summed E-state index contributed by atoms with van der Waals surface area (Å²) < 4.78 is 0. The highest BCUT2D eigenvalue weighted by Gasteiger charge is 2.12. The summed E-state index contributed by atoms with van der Waals surface area (Å²) in [5.41, 5.74) is 11.2. The molecule has 0 bridgehead atoms. The molecule has 0 atom stereocenters. The van der Waals surface area contributed by atoms with E-state index in [0.717, 1.165) is 0 Å². The van der Waals surface area contributed by atoms with E-state index >= 15 is 0 Å². The Morgan fingerprint density at radius 2 is 1.18 bits per heavy atom. The molecule has 0 unspecified atom stereocenters. The minimum absolute atomic E-state index is 0.0596. The summed E-state index contributed by atoms with van der Waals surface area (Å²) in [6.07, 6.45) is 0.649. The van der Waals surface area contributed by atoms with Gasteiger partial charge < -0.3 is 43.2 Å². The van der Waals surface area contributed by atoms with Gasteiger partial charge in [0.2, 0.25) is 29.7 Å². The van der Waals surface area contributed by atoms with Gasteiger partial charge in [-0.1, -0.05) is 0 Å². The molecular weight excluding hydrogens is 442 g/mol. The maximum absolute atomic E-state index is 10.8. The number of hydrogen-bond donors (Lipinski definition) is 8. The Kier molecular flexibility index (Phi) is 10.3. The maximum Gasteiger partial charge on any atom is 0.305 e. The molecule has 0 aliphatic carbocycles. The van der Waals surface area contributed by atoms with Gasteiger partial charge in [-0.15, -0.1) is 0 Å². The number of hydrogen-bond acceptors (Lipinski definition) is 14. The quantitative estimate of drug-likeness (QED) is 0.145. The first-order valence-corrected chi connectivity index (χ1v) is 11.0. The normalized spacial score (nSPS) is 11.1. The summed E-state index contributed by atoms with van der Waals surface area (Å²) in [7, 11) is 0. The molecule has 10 N–H and O–H groups in total. The van der Waals surface area contributed by atoms with Crippen molar-refractivity contribution < 1.29 is 9.90 Å². The molecule has 0 spiro atoms. The Morgan fingerprint density at radius 1 is 0.765 bits per heavy atom. The van der Waals surface area contributed by atoms with Crippen molar-refractivity contribution in [2.24, 2.45) is 11.5 Å². The topological polar surface area (TPSA) is 227 Å². The van der Waals surface area contributed by atoms with E-state index in [9.17, 15) is 4.79 Å². The third-order valence-electron chi connectivity index (χ3n) is 4.18. The molecule has 15 nitrogen and oxygen atoms in total. The standard InChI is InChI=1S/C19H35N13O2/c1-12-27-14(24-9-6-20)29-15(28-12)25-10-11-26-18-31-16(22-7-4-13(33)34)30-17(32-18)23-8-5-19(2,3)21/h4-11,20-21H2,1-3H3,(H,33,34)(H2,24,25,27,28,29)(H3,22,23,26,30,31,32). The van der Waals surface area contributed by atoms with Crippen molar-refractivity contribution in [2.75, 3.05) is 65.9 Å². The molecule has 2 rings (SSSR count). The van der Waals surface area contributed by atoms with Gasteiger partial charge in [0.05, 0.1) is 6.42 Å². The highest BCUT2D eigenvalue weighted by Crippen LogP contribution is 2.11. The third kappa shape index (κ3) is 10.8. The first-order valence-electron chi connectivity index (χ1n) is 11.0. The van der Waals surface area contributed by atoms with Crippen molar-refractivity contribution in [2.45, 2.75) is 39.2 Å². The molecule has 2 aromatic heterocycles. The van der Waals surface area contributed by atoms with Crippen LogP contribution in [0.5, 0.6) is 0 Å². The van der Waals surface area contributed by atoms with Gasteiger partial charge in [-0.25, -0.2) is 0 Å². The van der Waals surface area contributed by atoms with Crippen LogP contribution in [0.3, 0.4) is 0 Å². The summed E-state index contributed by atoms with van der Waals surface area (Å²) in [6, 6.07) is 0. The van der Waals surface area contributed by atoms with Crippen LogP contribution in [-0.2, 0) is 4.79 Å². The number of anilines is 5. The molecule has 0 saturated carbocycles. The second-order valence-corrected chi connectivity index (χ2v) is 8.14. The smallest absolute Gasteiger partial charge is 0.305 e. The van der Waals surface area contributed by atoms with Crippen molar-refractivity contribution in [3.63, 3.8) is 0 Å². The van der Waals surface area contributed by atoms with Crippen molar-refractivity contribution in [3.8, 4) is 0 Å². The minimum Gasteiger partial charge on any atom is -0.481 e. The van der Waals surface area contributed by atoms with Gasteiger partial charge in [0.25, 0.3) is 0 Å². The fourth-order valence-electron chi connectivity index (χ4n) is 2.56. The summed E-state index contributed by atoms with van der Waals surface area (Å²) in [5.74, 6) is 1.52. The number of aromatic nitrogens is 6. The average Bonchev–Trinajstić information content (AvgIpc) is 2.74. The summed E-state index contributed by atoms with van der Waals surface area (Å²) >= 11 is 0. The monoisotopic (exact) mass is 477 g/mol. The van der Waals surface area contributed by atoms with Crippen LogP contribution in [0.2, 0.25) is 0 Å². The molecule has 0 fully saturated rings. The number of carboxylic acid groups (broad SMARTS) is 1. The van der Waals surface area contributed by atoms with Crippen LogP contribution in [0, 0.1) is 6.92 Å². The lowest BCUT2D eigenvalue weighted by molar-refractivity contribution is -0.136. The van der Waals surface area contributed by atoms with E-state index in [0.29, 0.717) is 68.8 Å². The lowest BCUT2D eigenvalue weighted by atomic mass is 10.0. The van der Waals surface area contributed by atoms with Gasteiger partial charge in [0.15, 0.2) is 0 Å². The molecular formula is C19H35N13O2. The van der Waals surface area contributed by atoms with Gasteiger partial charge in [0.1, 0.15) is 5.82 Å². The van der Waals surface area contributed by atoms with Gasteiger partial charge in [-0.3, -0.25) is 4.79 Å². The highest BCUT2D eigenvalue weighted by molar-refractivity contribution is 5.67. The first-order chi connectivity index (χ1) is 16.1. The average molecular weight is 478 g/mol. The summed E-state index contributed by atoms with van der Waals surface area (Å²) in [5, 5.41) is 24.1. The maximum atomic E-state index is 10.8. The van der Waals surface area contributed by atoms with Crippen LogP contribution >= 0.6 is 0 Å². The Labute approximate surface area is 198 Å². The zero-order valence-electron chi connectivity index (χ0n) is 19.9. The number of aliphatic carboxylic acids is 1. The van der Waals surface area contributed by atoms with Crippen molar-refractivity contribution in [1.82, 2.24) is 29.9 Å². The van der Waals surface area contributed by atoms with E-state index in [-0.39, 0.29) is 24.5 Å². The van der Waals surface area contributed by atoms with E-state index < -0.39 is 5.97 Å². The Hall–Kier alpha value is -3.59. The van der Waals surface area contributed by atoms with Crippen molar-refractivity contribution in [3.05, 3.63) is 5.82 Å². The molecule has 0 amide bonds. The van der Waals surface area contributed by atoms with Crippen LogP contribution in [0.1, 0.15) is 32.5 Å². The van der Waals surface area contributed by atoms with Crippen molar-refractivity contribution in [1.29, 1.82) is 0 Å². The Balaban J connectivity index is 1.96. The van der Waals surface area contributed by atoms with E-state index in [1.165, 1.54) is 0 Å². The van der Waals surface area contributed by atoms with Gasteiger partial charge in [-0.05, 0) is 27.2 Å². The lowest BCUT2D eigenvalue weighted by Gasteiger charge is -2.18. The molecule has 2 heterocycles. The third-order valence-corrected chi connectivity index (χ3v) is 4.18. The second kappa shape index (κ2) is 13.2. The zero-order valence-corrected chi connectivity index (χ0v) is 19.9. The molecule has 0 aliphatic rings. The molecule has 2 aromatic rings. The van der Waals surface area contributed by atoms with Crippen LogP contribution in [-0.4, -0.2) is 85.8 Å². The van der Waals surface area contributed by atoms with Crippen LogP contribution in [0.15, 0.2) is 0 Å². The first kappa shape index (κ1) is 26.7. The fraction of sp³-hybridized carbons (Fsp3) is 0.632. The van der Waals surface area contributed by atoms with Crippen LogP contribution in [0.25, 0.3) is 0 Å². The molecule has 0 aliphatic heterocycles. The fourth-order valence-corrected chi connectivity index (χ4v) is 2.56. The van der Waals surface area contributed by atoms with E-state index in [1.807, 2.05) is 13.8 Å². The number of carbonyl (C=O) groups is 1. The van der Waals surface area contributed by atoms with Gasteiger partial charge in [0, 0.05) is 44.8 Å². The molecule has 15 heteroatoms. The molecule has 188 valence electrons. The van der Waals surface area contributed by atoms with Crippen LogP contribution in [0.4, 0.5) is 29.7 Å². The number of rotatable bonds is 16. The summed E-state index contributed by atoms with van der Waals surface area (Å²) in [6.45, 7) is 8.39.